The third-order valence-corrected chi connectivity index (χ3v) is 4.84. The Morgan fingerprint density at radius 3 is 1.96 bits per heavy atom. The van der Waals surface area contributed by atoms with Gasteiger partial charge in [-0.05, 0) is 38.3 Å². The largest absolute Gasteiger partial charge is 0.289 e. The second kappa shape index (κ2) is 8.51. The van der Waals surface area contributed by atoms with Crippen molar-refractivity contribution >= 4 is 5.78 Å². The van der Waals surface area contributed by atoms with Crippen LogP contribution in [-0.2, 0) is 11.6 Å². The van der Waals surface area contributed by atoms with Gasteiger partial charge in [0, 0.05) is 16.7 Å². The second-order valence-corrected chi connectivity index (χ2v) is 7.98. The average molecular weight is 372 g/mol. The lowest BCUT2D eigenvalue weighted by Gasteiger charge is -2.35. The molecule has 0 bridgehead atoms. The van der Waals surface area contributed by atoms with Crippen molar-refractivity contribution in [2.45, 2.75) is 38.8 Å². The molecule has 1 atom stereocenters. The van der Waals surface area contributed by atoms with Crippen molar-refractivity contribution in [1.29, 1.82) is 0 Å². The van der Waals surface area contributed by atoms with Gasteiger partial charge in [0.1, 0.15) is 0 Å². The molecule has 0 amide bonds. The van der Waals surface area contributed by atoms with Crippen LogP contribution in [0.1, 0.15) is 53.9 Å². The molecule has 0 saturated carbocycles. The lowest BCUT2D eigenvalue weighted by Crippen LogP contribution is -2.41. The Morgan fingerprint density at radius 1 is 0.821 bits per heavy atom. The average Bonchev–Trinajstić information content (AvgIpc) is 2.72. The number of carbonyl (C=O) groups excluding carboxylic acids is 1. The number of hydroxylamine groups is 2. The van der Waals surface area contributed by atoms with Crippen LogP contribution in [0.3, 0.4) is 0 Å². The van der Waals surface area contributed by atoms with Crippen molar-refractivity contribution in [3.63, 3.8) is 0 Å². The van der Waals surface area contributed by atoms with E-state index in [1.165, 1.54) is 0 Å². The summed E-state index contributed by atoms with van der Waals surface area (Å²) in [5.41, 5.74) is 2.60. The molecule has 28 heavy (non-hydrogen) atoms. The van der Waals surface area contributed by atoms with Crippen molar-refractivity contribution in [2.75, 3.05) is 0 Å². The maximum absolute atomic E-state index is 13.2. The minimum atomic E-state index is -0.543. The monoisotopic (exact) mass is 372 g/mol. The van der Waals surface area contributed by atoms with Crippen molar-refractivity contribution in [3.05, 3.63) is 107 Å². The van der Waals surface area contributed by atoms with E-state index in [-0.39, 0.29) is 11.8 Å². The third kappa shape index (κ3) is 4.56. The fourth-order valence-electron chi connectivity index (χ4n) is 3.35. The Kier molecular flexibility index (Phi) is 6.08. The van der Waals surface area contributed by atoms with Crippen LogP contribution in [0.2, 0.25) is 0 Å². The summed E-state index contributed by atoms with van der Waals surface area (Å²) in [4.78, 5) is 13.1. The molecule has 3 heteroatoms. The zero-order chi connectivity index (χ0) is 20.1. The number of ketones is 1. The van der Waals surface area contributed by atoms with Gasteiger partial charge in [0.05, 0.1) is 6.04 Å². The molecular formula is C25H26NO2. The highest BCUT2D eigenvalue weighted by Crippen LogP contribution is 2.31. The zero-order valence-corrected chi connectivity index (χ0v) is 16.6. The summed E-state index contributed by atoms with van der Waals surface area (Å²) < 4.78 is 0. The number of nitrogens with zero attached hydrogens (tertiary/aromatic N) is 1. The molecule has 0 heterocycles. The van der Waals surface area contributed by atoms with Crippen LogP contribution in [0.25, 0.3) is 0 Å². The first-order chi connectivity index (χ1) is 13.4. The van der Waals surface area contributed by atoms with Crippen molar-refractivity contribution in [1.82, 2.24) is 5.06 Å². The van der Waals surface area contributed by atoms with Crippen LogP contribution in [0.4, 0.5) is 0 Å². The molecule has 0 aliphatic carbocycles. The highest BCUT2D eigenvalue weighted by molar-refractivity contribution is 6.09. The van der Waals surface area contributed by atoms with E-state index in [9.17, 15) is 10.0 Å². The molecule has 1 unspecified atom stereocenters. The Morgan fingerprint density at radius 2 is 1.36 bits per heavy atom. The van der Waals surface area contributed by atoms with E-state index >= 15 is 0 Å². The number of rotatable bonds is 6. The molecule has 0 aromatic heterocycles. The van der Waals surface area contributed by atoms with Crippen LogP contribution in [0.5, 0.6) is 0 Å². The lowest BCUT2D eigenvalue weighted by atomic mass is 9.90. The first-order valence-corrected chi connectivity index (χ1v) is 9.57. The Labute approximate surface area is 167 Å². The van der Waals surface area contributed by atoms with Gasteiger partial charge in [-0.15, -0.1) is 10.3 Å². The van der Waals surface area contributed by atoms with Crippen LogP contribution in [-0.4, -0.2) is 16.4 Å². The molecule has 0 aliphatic rings. The molecule has 0 saturated heterocycles. The molecule has 3 aromatic rings. The second-order valence-electron chi connectivity index (χ2n) is 7.98. The van der Waals surface area contributed by atoms with Gasteiger partial charge < -0.3 is 0 Å². The molecule has 3 aromatic carbocycles. The van der Waals surface area contributed by atoms with Crippen molar-refractivity contribution < 1.29 is 10.0 Å². The molecule has 1 radical (unpaired) electrons. The lowest BCUT2D eigenvalue weighted by molar-refractivity contribution is -0.241. The molecule has 0 aliphatic heterocycles. The third-order valence-electron chi connectivity index (χ3n) is 4.84. The summed E-state index contributed by atoms with van der Waals surface area (Å²) in [6.07, 6.45) is 0.472. The topological polar surface area (TPSA) is 40.2 Å². The van der Waals surface area contributed by atoms with E-state index in [1.54, 1.807) is 0 Å². The summed E-state index contributed by atoms with van der Waals surface area (Å²) in [5, 5.41) is 14.3. The van der Waals surface area contributed by atoms with Gasteiger partial charge in [-0.1, -0.05) is 84.9 Å². The molecule has 0 fully saturated rings. The van der Waals surface area contributed by atoms with Gasteiger partial charge in [-0.25, -0.2) is 0 Å². The molecule has 143 valence electrons. The number of benzene rings is 3. The molecule has 0 spiro atoms. The quantitative estimate of drug-likeness (QED) is 0.414. The predicted octanol–water partition coefficient (Wildman–Crippen LogP) is 5.65. The summed E-state index contributed by atoms with van der Waals surface area (Å²) in [6, 6.07) is 26.3. The normalized spacial score (nSPS) is 12.8. The van der Waals surface area contributed by atoms with Gasteiger partial charge in [-0.2, -0.15) is 0 Å². The summed E-state index contributed by atoms with van der Waals surface area (Å²) >= 11 is 0. The van der Waals surface area contributed by atoms with E-state index in [4.69, 9.17) is 0 Å². The Balaban J connectivity index is 1.99. The van der Waals surface area contributed by atoms with E-state index < -0.39 is 5.54 Å². The standard InChI is InChI=1S/C25H26NO2/c1-25(2,3)26(28)23(19-12-6-4-7-13-19)18-21-16-10-11-17-22(21)24(27)20-14-8-5-9-15-20/h4-17,23H,18H2,1-3H3. The van der Waals surface area contributed by atoms with Crippen LogP contribution in [0, 0.1) is 0 Å². The summed E-state index contributed by atoms with van der Waals surface area (Å²) in [7, 11) is 0. The predicted molar refractivity (Wildman–Crippen MR) is 111 cm³/mol. The number of hydrogen-bond acceptors (Lipinski definition) is 2. The van der Waals surface area contributed by atoms with Gasteiger partial charge in [0.2, 0.25) is 0 Å². The smallest absolute Gasteiger partial charge is 0.193 e. The summed E-state index contributed by atoms with van der Waals surface area (Å²) in [6.45, 7) is 5.74. The van der Waals surface area contributed by atoms with Crippen molar-refractivity contribution in [2.24, 2.45) is 0 Å². The van der Waals surface area contributed by atoms with Gasteiger partial charge in [-0.3, -0.25) is 4.79 Å². The van der Waals surface area contributed by atoms with E-state index in [0.717, 1.165) is 16.2 Å². The van der Waals surface area contributed by atoms with Crippen LogP contribution >= 0.6 is 0 Å². The molecule has 3 nitrogen and oxygen atoms in total. The fourth-order valence-corrected chi connectivity index (χ4v) is 3.35. The molecular weight excluding hydrogens is 346 g/mol. The van der Waals surface area contributed by atoms with Gasteiger partial charge in [0.25, 0.3) is 0 Å². The van der Waals surface area contributed by atoms with E-state index in [2.05, 4.69) is 0 Å². The van der Waals surface area contributed by atoms with Crippen molar-refractivity contribution in [3.8, 4) is 0 Å². The highest BCUT2D eigenvalue weighted by atomic mass is 16.5. The summed E-state index contributed by atoms with van der Waals surface area (Å²) in [5.74, 6) is -0.0174. The Hall–Kier alpha value is -2.75. The van der Waals surface area contributed by atoms with E-state index in [0.29, 0.717) is 17.5 Å². The van der Waals surface area contributed by atoms with Crippen LogP contribution < -0.4 is 0 Å². The first kappa shape index (κ1) is 20.0. The first-order valence-electron chi connectivity index (χ1n) is 9.57. The number of carbonyl (C=O) groups is 1. The SMILES string of the molecule is CC(C)(C)N([O])C(Cc1ccccc1C(=O)c1ccccc1)c1ccccc1. The van der Waals surface area contributed by atoms with Crippen LogP contribution in [0.15, 0.2) is 84.9 Å². The maximum atomic E-state index is 13.2. The maximum Gasteiger partial charge on any atom is 0.193 e. The molecule has 3 rings (SSSR count). The minimum absolute atomic E-state index is 0.0174. The van der Waals surface area contributed by atoms with Gasteiger partial charge in [0.15, 0.2) is 5.78 Å². The highest BCUT2D eigenvalue weighted by Gasteiger charge is 2.31. The fraction of sp³-hybridized carbons (Fsp3) is 0.240. The minimum Gasteiger partial charge on any atom is -0.289 e. The molecule has 0 N–H and O–H groups in total. The van der Waals surface area contributed by atoms with Gasteiger partial charge >= 0.3 is 0 Å². The van der Waals surface area contributed by atoms with E-state index in [1.807, 2.05) is 106 Å². The number of hydrogen-bond donors (Lipinski definition) is 0. The Bertz CT molecular complexity index is 914. The zero-order valence-electron chi connectivity index (χ0n) is 16.6.